The molecular formula is C13H18BrNO. The molecule has 16 heavy (non-hydrogen) atoms. The molecular weight excluding hydrogens is 266 g/mol. The lowest BCUT2D eigenvalue weighted by Crippen LogP contribution is -2.33. The number of halogens is 1. The Kier molecular flexibility index (Phi) is 3.87. The second kappa shape index (κ2) is 5.19. The maximum absolute atomic E-state index is 9.43. The van der Waals surface area contributed by atoms with E-state index < -0.39 is 0 Å². The first kappa shape index (κ1) is 11.9. The smallest absolute Gasteiger partial charge is 0.129 e. The predicted octanol–water partition coefficient (Wildman–Crippen LogP) is 3.39. The Balaban J connectivity index is 2.00. The molecule has 0 aliphatic carbocycles. The number of hydrogen-bond donors (Lipinski definition) is 1. The van der Waals surface area contributed by atoms with Crippen LogP contribution >= 0.6 is 15.9 Å². The number of piperidine rings is 1. The zero-order valence-electron chi connectivity index (χ0n) is 9.62. The summed E-state index contributed by atoms with van der Waals surface area (Å²) in [5, 5.41) is 9.43. The fraction of sp³-hybridized carbons (Fsp3) is 0.538. The van der Waals surface area contributed by atoms with E-state index in [9.17, 15) is 5.11 Å². The normalized spacial score (nSPS) is 22.2. The van der Waals surface area contributed by atoms with Crippen LogP contribution in [0.25, 0.3) is 0 Å². The molecule has 2 nitrogen and oxygen atoms in total. The van der Waals surface area contributed by atoms with E-state index in [-0.39, 0.29) is 0 Å². The molecule has 1 fully saturated rings. The standard InChI is InChI=1S/C13H18BrNO/c1-10-3-2-6-15(8-10)9-11-4-5-13(16)12(14)7-11/h4-5,7,10,16H,2-3,6,8-9H2,1H3. The third-order valence-electron chi connectivity index (χ3n) is 3.16. The first-order chi connectivity index (χ1) is 7.65. The molecule has 0 saturated carbocycles. The Hall–Kier alpha value is -0.540. The third-order valence-corrected chi connectivity index (χ3v) is 3.79. The second-order valence-electron chi connectivity index (χ2n) is 4.77. The lowest BCUT2D eigenvalue weighted by Gasteiger charge is -2.30. The minimum absolute atomic E-state index is 0.316. The summed E-state index contributed by atoms with van der Waals surface area (Å²) in [6.07, 6.45) is 2.66. The molecule has 0 bridgehead atoms. The molecule has 1 atom stereocenters. The Bertz CT molecular complexity index is 367. The lowest BCUT2D eigenvalue weighted by atomic mass is 10.00. The maximum Gasteiger partial charge on any atom is 0.129 e. The monoisotopic (exact) mass is 283 g/mol. The average Bonchev–Trinajstić information content (AvgIpc) is 2.24. The lowest BCUT2D eigenvalue weighted by molar-refractivity contribution is 0.176. The van der Waals surface area contributed by atoms with Crippen LogP contribution in [0, 0.1) is 5.92 Å². The number of likely N-dealkylation sites (tertiary alicyclic amines) is 1. The number of nitrogens with zero attached hydrogens (tertiary/aromatic N) is 1. The molecule has 0 spiro atoms. The van der Waals surface area contributed by atoms with Crippen molar-refractivity contribution >= 4 is 15.9 Å². The van der Waals surface area contributed by atoms with Gasteiger partial charge in [-0.2, -0.15) is 0 Å². The Morgan fingerprint density at radius 2 is 2.31 bits per heavy atom. The van der Waals surface area contributed by atoms with Gasteiger partial charge in [0.25, 0.3) is 0 Å². The summed E-state index contributed by atoms with van der Waals surface area (Å²) in [7, 11) is 0. The van der Waals surface area contributed by atoms with Crippen molar-refractivity contribution in [1.82, 2.24) is 4.90 Å². The number of benzene rings is 1. The van der Waals surface area contributed by atoms with E-state index in [4.69, 9.17) is 0 Å². The van der Waals surface area contributed by atoms with Gasteiger partial charge in [0.05, 0.1) is 4.47 Å². The van der Waals surface area contributed by atoms with Gasteiger partial charge in [-0.05, 0) is 58.9 Å². The number of rotatable bonds is 2. The molecule has 1 aliphatic heterocycles. The van der Waals surface area contributed by atoms with Crippen molar-refractivity contribution in [2.24, 2.45) is 5.92 Å². The topological polar surface area (TPSA) is 23.5 Å². The number of phenolic OH excluding ortho intramolecular Hbond substituents is 1. The molecule has 88 valence electrons. The summed E-state index contributed by atoms with van der Waals surface area (Å²) < 4.78 is 0.787. The molecule has 1 aromatic carbocycles. The fourth-order valence-corrected chi connectivity index (χ4v) is 2.76. The van der Waals surface area contributed by atoms with Crippen molar-refractivity contribution in [1.29, 1.82) is 0 Å². The van der Waals surface area contributed by atoms with Crippen LogP contribution in [0.4, 0.5) is 0 Å². The molecule has 1 aliphatic rings. The first-order valence-electron chi connectivity index (χ1n) is 5.85. The van der Waals surface area contributed by atoms with Gasteiger partial charge in [-0.25, -0.2) is 0 Å². The molecule has 0 amide bonds. The fourth-order valence-electron chi connectivity index (χ4n) is 2.34. The van der Waals surface area contributed by atoms with Gasteiger partial charge in [-0.1, -0.05) is 13.0 Å². The Morgan fingerprint density at radius 3 is 3.00 bits per heavy atom. The van der Waals surface area contributed by atoms with E-state index in [0.29, 0.717) is 5.75 Å². The molecule has 1 aromatic rings. The number of aromatic hydroxyl groups is 1. The van der Waals surface area contributed by atoms with Crippen LogP contribution in [0.15, 0.2) is 22.7 Å². The van der Waals surface area contributed by atoms with Crippen molar-refractivity contribution in [3.05, 3.63) is 28.2 Å². The van der Waals surface area contributed by atoms with E-state index in [1.807, 2.05) is 12.1 Å². The molecule has 1 saturated heterocycles. The molecule has 0 radical (unpaired) electrons. The summed E-state index contributed by atoms with van der Waals surface area (Å²) in [6, 6.07) is 5.76. The quantitative estimate of drug-likeness (QED) is 0.900. The maximum atomic E-state index is 9.43. The van der Waals surface area contributed by atoms with Crippen molar-refractivity contribution in [3.63, 3.8) is 0 Å². The molecule has 3 heteroatoms. The predicted molar refractivity (Wildman–Crippen MR) is 69.5 cm³/mol. The van der Waals surface area contributed by atoms with Crippen LogP contribution in [0.3, 0.4) is 0 Å². The molecule has 2 rings (SSSR count). The highest BCUT2D eigenvalue weighted by molar-refractivity contribution is 9.10. The van der Waals surface area contributed by atoms with Crippen LogP contribution in [0.2, 0.25) is 0 Å². The van der Waals surface area contributed by atoms with Gasteiger partial charge in [0.15, 0.2) is 0 Å². The Labute approximate surface area is 105 Å². The van der Waals surface area contributed by atoms with Crippen molar-refractivity contribution in [2.75, 3.05) is 13.1 Å². The summed E-state index contributed by atoms with van der Waals surface area (Å²) in [4.78, 5) is 2.49. The molecule has 1 heterocycles. The number of hydrogen-bond acceptors (Lipinski definition) is 2. The number of phenols is 1. The van der Waals surface area contributed by atoms with Gasteiger partial charge < -0.3 is 5.11 Å². The van der Waals surface area contributed by atoms with Crippen LogP contribution in [-0.2, 0) is 6.54 Å². The molecule has 0 aromatic heterocycles. The van der Waals surface area contributed by atoms with Crippen molar-refractivity contribution in [2.45, 2.75) is 26.3 Å². The minimum atomic E-state index is 0.316. The van der Waals surface area contributed by atoms with E-state index >= 15 is 0 Å². The minimum Gasteiger partial charge on any atom is -0.507 e. The van der Waals surface area contributed by atoms with E-state index in [1.165, 1.54) is 31.5 Å². The molecule has 1 unspecified atom stereocenters. The van der Waals surface area contributed by atoms with Crippen LogP contribution < -0.4 is 0 Å². The van der Waals surface area contributed by atoms with Gasteiger partial charge >= 0.3 is 0 Å². The summed E-state index contributed by atoms with van der Waals surface area (Å²) in [5.74, 6) is 1.13. The van der Waals surface area contributed by atoms with Crippen LogP contribution in [0.5, 0.6) is 5.75 Å². The Morgan fingerprint density at radius 1 is 1.50 bits per heavy atom. The second-order valence-corrected chi connectivity index (χ2v) is 5.62. The third kappa shape index (κ3) is 2.98. The van der Waals surface area contributed by atoms with Crippen molar-refractivity contribution < 1.29 is 5.11 Å². The average molecular weight is 284 g/mol. The molecule has 1 N–H and O–H groups in total. The largest absolute Gasteiger partial charge is 0.507 e. The van der Waals surface area contributed by atoms with Gasteiger partial charge in [0.1, 0.15) is 5.75 Å². The van der Waals surface area contributed by atoms with Crippen molar-refractivity contribution in [3.8, 4) is 5.75 Å². The summed E-state index contributed by atoms with van der Waals surface area (Å²) >= 11 is 3.35. The van der Waals surface area contributed by atoms with Crippen LogP contribution in [0.1, 0.15) is 25.3 Å². The van der Waals surface area contributed by atoms with E-state index in [0.717, 1.165) is 16.9 Å². The summed E-state index contributed by atoms with van der Waals surface area (Å²) in [6.45, 7) is 5.70. The highest BCUT2D eigenvalue weighted by atomic mass is 79.9. The zero-order chi connectivity index (χ0) is 11.5. The first-order valence-corrected chi connectivity index (χ1v) is 6.64. The van der Waals surface area contributed by atoms with E-state index in [2.05, 4.69) is 27.8 Å². The highest BCUT2D eigenvalue weighted by Gasteiger charge is 2.16. The zero-order valence-corrected chi connectivity index (χ0v) is 11.2. The van der Waals surface area contributed by atoms with Crippen LogP contribution in [-0.4, -0.2) is 23.1 Å². The summed E-state index contributed by atoms with van der Waals surface area (Å²) in [5.41, 5.74) is 1.26. The van der Waals surface area contributed by atoms with Gasteiger partial charge in [0.2, 0.25) is 0 Å². The van der Waals surface area contributed by atoms with Gasteiger partial charge in [-0.15, -0.1) is 0 Å². The van der Waals surface area contributed by atoms with E-state index in [1.54, 1.807) is 6.07 Å². The van der Waals surface area contributed by atoms with Gasteiger partial charge in [-0.3, -0.25) is 4.90 Å². The van der Waals surface area contributed by atoms with Gasteiger partial charge in [0, 0.05) is 13.1 Å². The SMILES string of the molecule is CC1CCCN(Cc2ccc(O)c(Br)c2)C1. The highest BCUT2D eigenvalue weighted by Crippen LogP contribution is 2.25.